The van der Waals surface area contributed by atoms with Crippen LogP contribution in [0.1, 0.15) is 36.0 Å². The molecule has 0 heterocycles. The summed E-state index contributed by atoms with van der Waals surface area (Å²) < 4.78 is 12.9. The highest BCUT2D eigenvalue weighted by Crippen LogP contribution is 2.27. The third-order valence-corrected chi connectivity index (χ3v) is 5.18. The van der Waals surface area contributed by atoms with Crippen LogP contribution in [-0.2, 0) is 16.1 Å². The molecule has 6 heteroatoms. The number of hydrogen-bond donors (Lipinski definition) is 2. The maximum atomic E-state index is 12.9. The van der Waals surface area contributed by atoms with Gasteiger partial charge in [0.15, 0.2) is 0 Å². The first-order valence-electron chi connectivity index (χ1n) is 10.0. The molecule has 3 rings (SSSR count). The van der Waals surface area contributed by atoms with Crippen molar-refractivity contribution >= 4 is 17.5 Å². The summed E-state index contributed by atoms with van der Waals surface area (Å²) in [5, 5.41) is 5.87. The van der Waals surface area contributed by atoms with Crippen LogP contribution in [-0.4, -0.2) is 35.8 Å². The topological polar surface area (TPSA) is 61.4 Å². The van der Waals surface area contributed by atoms with Gasteiger partial charge in [-0.3, -0.25) is 14.5 Å². The molecule has 0 aromatic heterocycles. The van der Waals surface area contributed by atoms with Gasteiger partial charge < -0.3 is 10.6 Å². The van der Waals surface area contributed by atoms with Gasteiger partial charge in [-0.15, -0.1) is 0 Å². The summed E-state index contributed by atoms with van der Waals surface area (Å²) >= 11 is 0. The van der Waals surface area contributed by atoms with E-state index >= 15 is 0 Å². The van der Waals surface area contributed by atoms with Crippen LogP contribution in [0.5, 0.6) is 0 Å². The Balaban J connectivity index is 1.46. The van der Waals surface area contributed by atoms with E-state index < -0.39 is 0 Å². The fraction of sp³-hybridized carbons (Fsp3) is 0.391. The third-order valence-electron chi connectivity index (χ3n) is 5.18. The average Bonchev–Trinajstić information content (AvgIpc) is 3.53. The number of carbonyl (C=O) groups is 2. The highest BCUT2D eigenvalue weighted by atomic mass is 19.1. The number of nitrogens with zero attached hydrogens (tertiary/aromatic N) is 1. The van der Waals surface area contributed by atoms with Crippen LogP contribution in [0, 0.1) is 19.7 Å². The summed E-state index contributed by atoms with van der Waals surface area (Å²) in [6.45, 7) is 5.15. The monoisotopic (exact) mass is 397 g/mol. The Labute approximate surface area is 171 Å². The molecule has 1 aliphatic rings. The van der Waals surface area contributed by atoms with E-state index in [1.807, 2.05) is 32.0 Å². The average molecular weight is 397 g/mol. The molecule has 0 atom stereocenters. The summed E-state index contributed by atoms with van der Waals surface area (Å²) in [4.78, 5) is 26.8. The Hall–Kier alpha value is -2.73. The molecule has 1 aliphatic carbocycles. The van der Waals surface area contributed by atoms with E-state index in [-0.39, 0.29) is 24.2 Å². The zero-order valence-corrected chi connectivity index (χ0v) is 17.0. The number of benzene rings is 2. The van der Waals surface area contributed by atoms with Gasteiger partial charge in [0.25, 0.3) is 0 Å². The van der Waals surface area contributed by atoms with Crippen molar-refractivity contribution in [1.29, 1.82) is 0 Å². The Morgan fingerprint density at radius 3 is 2.31 bits per heavy atom. The van der Waals surface area contributed by atoms with Crippen LogP contribution >= 0.6 is 0 Å². The van der Waals surface area contributed by atoms with Crippen molar-refractivity contribution in [1.82, 2.24) is 10.2 Å². The van der Waals surface area contributed by atoms with E-state index in [9.17, 15) is 14.0 Å². The SMILES string of the molecule is Cc1cccc(C)c1NC(=O)CN(CCC(=O)NCc1ccc(F)cc1)C1CC1. The second kappa shape index (κ2) is 9.65. The summed E-state index contributed by atoms with van der Waals surface area (Å²) in [5.41, 5.74) is 3.80. The van der Waals surface area contributed by atoms with Crippen molar-refractivity contribution in [2.45, 2.75) is 45.7 Å². The molecule has 0 saturated heterocycles. The summed E-state index contributed by atoms with van der Waals surface area (Å²) in [5.74, 6) is -0.421. The number of rotatable bonds is 9. The first-order chi connectivity index (χ1) is 13.9. The molecule has 2 amide bonds. The minimum atomic E-state index is -0.292. The number of aryl methyl sites for hydroxylation is 2. The first-order valence-corrected chi connectivity index (χ1v) is 10.0. The molecule has 5 nitrogen and oxygen atoms in total. The van der Waals surface area contributed by atoms with Gasteiger partial charge in [-0.2, -0.15) is 0 Å². The number of hydrogen-bond acceptors (Lipinski definition) is 3. The molecular formula is C23H28FN3O2. The van der Waals surface area contributed by atoms with E-state index in [1.54, 1.807) is 12.1 Å². The van der Waals surface area contributed by atoms with E-state index in [0.29, 0.717) is 25.6 Å². The van der Waals surface area contributed by atoms with Gasteiger partial charge in [0.2, 0.25) is 11.8 Å². The van der Waals surface area contributed by atoms with Gasteiger partial charge in [0.1, 0.15) is 5.82 Å². The highest BCUT2D eigenvalue weighted by molar-refractivity contribution is 5.93. The van der Waals surface area contributed by atoms with Crippen LogP contribution in [0.3, 0.4) is 0 Å². The highest BCUT2D eigenvalue weighted by Gasteiger charge is 2.30. The number of para-hydroxylation sites is 1. The Morgan fingerprint density at radius 1 is 1.03 bits per heavy atom. The zero-order valence-electron chi connectivity index (χ0n) is 17.0. The number of carbonyl (C=O) groups excluding carboxylic acids is 2. The van der Waals surface area contributed by atoms with Gasteiger partial charge >= 0.3 is 0 Å². The predicted molar refractivity (Wildman–Crippen MR) is 112 cm³/mol. The van der Waals surface area contributed by atoms with Crippen molar-refractivity contribution in [2.75, 3.05) is 18.4 Å². The minimum Gasteiger partial charge on any atom is -0.352 e. The zero-order chi connectivity index (χ0) is 20.8. The lowest BCUT2D eigenvalue weighted by Gasteiger charge is -2.22. The van der Waals surface area contributed by atoms with Crippen LogP contribution in [0.15, 0.2) is 42.5 Å². The summed E-state index contributed by atoms with van der Waals surface area (Å²) in [7, 11) is 0. The van der Waals surface area contributed by atoms with Crippen LogP contribution in [0.25, 0.3) is 0 Å². The minimum absolute atomic E-state index is 0.0546. The maximum absolute atomic E-state index is 12.9. The van der Waals surface area contributed by atoms with Gasteiger partial charge in [0, 0.05) is 31.2 Å². The fourth-order valence-corrected chi connectivity index (χ4v) is 3.34. The number of halogens is 1. The molecule has 0 spiro atoms. The van der Waals surface area contributed by atoms with E-state index in [4.69, 9.17) is 0 Å². The van der Waals surface area contributed by atoms with E-state index in [0.717, 1.165) is 35.2 Å². The number of amides is 2. The largest absolute Gasteiger partial charge is 0.352 e. The smallest absolute Gasteiger partial charge is 0.238 e. The number of nitrogens with one attached hydrogen (secondary N) is 2. The Bertz CT molecular complexity index is 843. The molecule has 1 fully saturated rings. The predicted octanol–water partition coefficient (Wildman–Crippen LogP) is 3.55. The molecule has 1 saturated carbocycles. The van der Waals surface area contributed by atoms with Crippen molar-refractivity contribution in [3.8, 4) is 0 Å². The summed E-state index contributed by atoms with van der Waals surface area (Å²) in [6.07, 6.45) is 2.45. The molecule has 0 unspecified atom stereocenters. The van der Waals surface area contributed by atoms with Crippen molar-refractivity contribution in [3.63, 3.8) is 0 Å². The van der Waals surface area contributed by atoms with Crippen molar-refractivity contribution in [2.24, 2.45) is 0 Å². The molecule has 0 bridgehead atoms. The van der Waals surface area contributed by atoms with Gasteiger partial charge in [-0.1, -0.05) is 30.3 Å². The second-order valence-corrected chi connectivity index (χ2v) is 7.67. The maximum Gasteiger partial charge on any atom is 0.238 e. The molecule has 2 N–H and O–H groups in total. The van der Waals surface area contributed by atoms with Crippen LogP contribution in [0.2, 0.25) is 0 Å². The fourth-order valence-electron chi connectivity index (χ4n) is 3.34. The van der Waals surface area contributed by atoms with E-state index in [2.05, 4.69) is 15.5 Å². The standard InChI is InChI=1S/C23H28FN3O2/c1-16-4-3-5-17(2)23(16)26-22(29)15-27(20-10-11-20)13-12-21(28)25-14-18-6-8-19(24)9-7-18/h3-9,20H,10-15H2,1-2H3,(H,25,28)(H,26,29). The normalized spacial score (nSPS) is 13.4. The second-order valence-electron chi connectivity index (χ2n) is 7.67. The first kappa shape index (κ1) is 21.0. The summed E-state index contributed by atoms with van der Waals surface area (Å²) in [6, 6.07) is 12.4. The van der Waals surface area contributed by atoms with Crippen LogP contribution < -0.4 is 10.6 Å². The lowest BCUT2D eigenvalue weighted by Crippen LogP contribution is -2.38. The molecule has 0 aliphatic heterocycles. The quantitative estimate of drug-likeness (QED) is 0.680. The number of anilines is 1. The van der Waals surface area contributed by atoms with Crippen molar-refractivity contribution < 1.29 is 14.0 Å². The third kappa shape index (κ3) is 6.39. The molecule has 2 aromatic carbocycles. The molecule has 29 heavy (non-hydrogen) atoms. The van der Waals surface area contributed by atoms with Gasteiger partial charge in [-0.25, -0.2) is 4.39 Å². The van der Waals surface area contributed by atoms with Gasteiger partial charge in [0.05, 0.1) is 6.54 Å². The molecule has 0 radical (unpaired) electrons. The molecule has 2 aromatic rings. The Kier molecular flexibility index (Phi) is 6.99. The molecular weight excluding hydrogens is 369 g/mol. The van der Waals surface area contributed by atoms with Crippen molar-refractivity contribution in [3.05, 3.63) is 65.0 Å². The lowest BCUT2D eigenvalue weighted by molar-refractivity contribution is -0.122. The lowest BCUT2D eigenvalue weighted by atomic mass is 10.1. The molecule has 154 valence electrons. The Morgan fingerprint density at radius 2 is 1.69 bits per heavy atom. The van der Waals surface area contributed by atoms with Gasteiger partial charge in [-0.05, 0) is 55.5 Å². The van der Waals surface area contributed by atoms with E-state index in [1.165, 1.54) is 12.1 Å². The van der Waals surface area contributed by atoms with Crippen LogP contribution in [0.4, 0.5) is 10.1 Å².